The van der Waals surface area contributed by atoms with Gasteiger partial charge in [0.1, 0.15) is 5.15 Å². The lowest BCUT2D eigenvalue weighted by Crippen LogP contribution is -2.39. The number of rotatable bonds is 4. The largest absolute Gasteiger partial charge is 0.390 e. The smallest absolute Gasteiger partial charge is 0.169 e. The molecule has 0 saturated heterocycles. The first kappa shape index (κ1) is 14.8. The van der Waals surface area contributed by atoms with Crippen LogP contribution in [0.2, 0.25) is 5.15 Å². The van der Waals surface area contributed by atoms with E-state index < -0.39 is 12.2 Å². The maximum atomic E-state index is 12.3. The van der Waals surface area contributed by atoms with Gasteiger partial charge in [-0.3, -0.25) is 4.79 Å². The Morgan fingerprint density at radius 1 is 1.24 bits per heavy atom. The number of carbonyl (C=O) groups excluding carboxylic acids is 1. The molecule has 2 fully saturated rings. The van der Waals surface area contributed by atoms with E-state index in [9.17, 15) is 15.0 Å². The van der Waals surface area contributed by atoms with Gasteiger partial charge in [0.05, 0.1) is 17.8 Å². The van der Waals surface area contributed by atoms with E-state index in [0.29, 0.717) is 29.2 Å². The molecule has 2 aliphatic carbocycles. The molecular weight excluding hydrogens is 292 g/mol. The first-order chi connectivity index (χ1) is 10.0. The highest BCUT2D eigenvalue weighted by Crippen LogP contribution is 2.35. The summed E-state index contributed by atoms with van der Waals surface area (Å²) >= 11 is 5.93. The first-order valence-corrected chi connectivity index (χ1v) is 7.75. The van der Waals surface area contributed by atoms with Crippen LogP contribution in [0.25, 0.3) is 0 Å². The SMILES string of the molecule is O=C(c1cnc(Cl)cc1NC1CC[C@@H](O)[C@@H](O)C1)C1CC1. The molecule has 3 atom stereocenters. The van der Waals surface area contributed by atoms with Crippen molar-refractivity contribution in [1.82, 2.24) is 4.98 Å². The molecule has 0 bridgehead atoms. The molecule has 114 valence electrons. The van der Waals surface area contributed by atoms with E-state index in [4.69, 9.17) is 11.6 Å². The molecule has 0 aliphatic heterocycles. The summed E-state index contributed by atoms with van der Waals surface area (Å²) in [7, 11) is 0. The van der Waals surface area contributed by atoms with Crippen molar-refractivity contribution in [3.8, 4) is 0 Å². The number of nitrogens with one attached hydrogen (secondary N) is 1. The molecule has 0 radical (unpaired) electrons. The number of aromatic nitrogens is 1. The second kappa shape index (κ2) is 5.91. The minimum atomic E-state index is -0.726. The summed E-state index contributed by atoms with van der Waals surface area (Å²) in [6.07, 6.45) is 3.77. The van der Waals surface area contributed by atoms with Crippen molar-refractivity contribution < 1.29 is 15.0 Å². The Bertz CT molecular complexity index is 548. The van der Waals surface area contributed by atoms with Gasteiger partial charge in [-0.05, 0) is 38.2 Å². The highest BCUT2D eigenvalue weighted by molar-refractivity contribution is 6.29. The number of ketones is 1. The number of Topliss-reactive ketones (excluding diaryl/α,β-unsaturated/α-hetero) is 1. The van der Waals surface area contributed by atoms with Crippen molar-refractivity contribution >= 4 is 23.1 Å². The van der Waals surface area contributed by atoms with Crippen molar-refractivity contribution in [2.24, 2.45) is 5.92 Å². The fraction of sp³-hybridized carbons (Fsp3) is 0.600. The second-order valence-electron chi connectivity index (χ2n) is 5.98. The van der Waals surface area contributed by atoms with Crippen LogP contribution < -0.4 is 5.32 Å². The maximum absolute atomic E-state index is 12.3. The number of nitrogens with zero attached hydrogens (tertiary/aromatic N) is 1. The van der Waals surface area contributed by atoms with Crippen LogP contribution in [-0.4, -0.2) is 39.2 Å². The number of anilines is 1. The van der Waals surface area contributed by atoms with Gasteiger partial charge >= 0.3 is 0 Å². The number of halogens is 1. The molecule has 0 aromatic carbocycles. The Morgan fingerprint density at radius 3 is 2.67 bits per heavy atom. The number of hydrogen-bond acceptors (Lipinski definition) is 5. The van der Waals surface area contributed by atoms with Gasteiger partial charge in [-0.2, -0.15) is 0 Å². The molecule has 1 aromatic heterocycles. The van der Waals surface area contributed by atoms with E-state index in [0.717, 1.165) is 19.3 Å². The molecule has 1 aromatic rings. The zero-order valence-electron chi connectivity index (χ0n) is 11.6. The van der Waals surface area contributed by atoms with Crippen molar-refractivity contribution in [2.45, 2.75) is 50.4 Å². The van der Waals surface area contributed by atoms with Crippen molar-refractivity contribution in [1.29, 1.82) is 0 Å². The molecule has 3 rings (SSSR count). The van der Waals surface area contributed by atoms with E-state index in [-0.39, 0.29) is 17.7 Å². The topological polar surface area (TPSA) is 82.5 Å². The van der Waals surface area contributed by atoms with Crippen LogP contribution in [0.3, 0.4) is 0 Å². The van der Waals surface area contributed by atoms with Crippen LogP contribution in [0.4, 0.5) is 5.69 Å². The van der Waals surface area contributed by atoms with E-state index in [1.165, 1.54) is 6.20 Å². The molecule has 1 heterocycles. The summed E-state index contributed by atoms with van der Waals surface area (Å²) in [5.41, 5.74) is 1.25. The highest BCUT2D eigenvalue weighted by atomic mass is 35.5. The van der Waals surface area contributed by atoms with E-state index in [1.807, 2.05) is 0 Å². The summed E-state index contributed by atoms with van der Waals surface area (Å²) < 4.78 is 0. The molecular formula is C15H19ClN2O3. The standard InChI is InChI=1S/C15H19ClN2O3/c16-14-6-11(10(7-17-14)15(21)8-1-2-8)18-9-3-4-12(19)13(20)5-9/h6-9,12-13,19-20H,1-5H2,(H,17,18)/t9?,12-,13+/m1/s1. The average molecular weight is 311 g/mol. The quantitative estimate of drug-likeness (QED) is 0.585. The maximum Gasteiger partial charge on any atom is 0.169 e. The van der Waals surface area contributed by atoms with Crippen LogP contribution in [0, 0.1) is 5.92 Å². The van der Waals surface area contributed by atoms with E-state index >= 15 is 0 Å². The zero-order valence-corrected chi connectivity index (χ0v) is 12.4. The number of aliphatic hydroxyl groups is 2. The Kier molecular flexibility index (Phi) is 4.15. The Labute approximate surface area is 128 Å². The van der Waals surface area contributed by atoms with Crippen molar-refractivity contribution in [3.05, 3.63) is 23.0 Å². The monoisotopic (exact) mass is 310 g/mol. The van der Waals surface area contributed by atoms with Gasteiger partial charge in [0.25, 0.3) is 0 Å². The minimum absolute atomic E-state index is 0.0209. The Balaban J connectivity index is 1.77. The lowest BCUT2D eigenvalue weighted by Gasteiger charge is -2.31. The molecule has 21 heavy (non-hydrogen) atoms. The number of carbonyl (C=O) groups is 1. The third-order valence-corrected chi connectivity index (χ3v) is 4.43. The summed E-state index contributed by atoms with van der Waals surface area (Å²) in [6.45, 7) is 0. The molecule has 6 heteroatoms. The molecule has 3 N–H and O–H groups in total. The lowest BCUT2D eigenvalue weighted by atomic mass is 9.90. The summed E-state index contributed by atoms with van der Waals surface area (Å²) in [5.74, 6) is 0.227. The average Bonchev–Trinajstić information content (AvgIpc) is 3.27. The second-order valence-corrected chi connectivity index (χ2v) is 6.37. The number of aliphatic hydroxyl groups excluding tert-OH is 2. The summed E-state index contributed by atoms with van der Waals surface area (Å²) in [4.78, 5) is 16.3. The predicted molar refractivity (Wildman–Crippen MR) is 79.6 cm³/mol. The molecule has 2 saturated carbocycles. The van der Waals surface area contributed by atoms with Gasteiger partial charge in [-0.25, -0.2) is 4.98 Å². The van der Waals surface area contributed by atoms with Crippen molar-refractivity contribution in [2.75, 3.05) is 5.32 Å². The predicted octanol–water partition coefficient (Wildman–Crippen LogP) is 2.01. The van der Waals surface area contributed by atoms with Crippen LogP contribution >= 0.6 is 11.6 Å². The fourth-order valence-corrected chi connectivity index (χ4v) is 2.95. The fourth-order valence-electron chi connectivity index (χ4n) is 2.79. The molecule has 0 amide bonds. The normalized spacial score (nSPS) is 29.2. The third kappa shape index (κ3) is 3.36. The van der Waals surface area contributed by atoms with Crippen LogP contribution in [-0.2, 0) is 0 Å². The van der Waals surface area contributed by atoms with E-state index in [1.54, 1.807) is 6.07 Å². The van der Waals surface area contributed by atoms with Crippen molar-refractivity contribution in [3.63, 3.8) is 0 Å². The first-order valence-electron chi connectivity index (χ1n) is 7.37. The lowest BCUT2D eigenvalue weighted by molar-refractivity contribution is -0.0119. The van der Waals surface area contributed by atoms with Gasteiger partial charge in [-0.15, -0.1) is 0 Å². The number of pyridine rings is 1. The molecule has 5 nitrogen and oxygen atoms in total. The molecule has 0 spiro atoms. The Hall–Kier alpha value is -1.17. The third-order valence-electron chi connectivity index (χ3n) is 4.22. The van der Waals surface area contributed by atoms with E-state index in [2.05, 4.69) is 10.3 Å². The van der Waals surface area contributed by atoms with Crippen LogP contribution in [0.5, 0.6) is 0 Å². The number of hydrogen-bond donors (Lipinski definition) is 3. The van der Waals surface area contributed by atoms with Gasteiger partial charge in [-0.1, -0.05) is 11.6 Å². The minimum Gasteiger partial charge on any atom is -0.390 e. The summed E-state index contributed by atoms with van der Waals surface area (Å²) in [6, 6.07) is 1.68. The van der Waals surface area contributed by atoms with Gasteiger partial charge in [0, 0.05) is 23.8 Å². The van der Waals surface area contributed by atoms with Gasteiger partial charge < -0.3 is 15.5 Å². The molecule has 1 unspecified atom stereocenters. The highest BCUT2D eigenvalue weighted by Gasteiger charge is 2.33. The van der Waals surface area contributed by atoms with Crippen LogP contribution in [0.15, 0.2) is 12.3 Å². The molecule has 2 aliphatic rings. The van der Waals surface area contributed by atoms with Gasteiger partial charge in [0.2, 0.25) is 0 Å². The Morgan fingerprint density at radius 2 is 2.00 bits per heavy atom. The zero-order chi connectivity index (χ0) is 15.0. The van der Waals surface area contributed by atoms with Crippen LogP contribution in [0.1, 0.15) is 42.5 Å². The summed E-state index contributed by atoms with van der Waals surface area (Å²) in [5, 5.41) is 23.0. The van der Waals surface area contributed by atoms with Gasteiger partial charge in [0.15, 0.2) is 5.78 Å².